The highest BCUT2D eigenvalue weighted by Gasteiger charge is 2.29. The van der Waals surface area contributed by atoms with Crippen LogP contribution in [0.15, 0.2) is 77.7 Å². The summed E-state index contributed by atoms with van der Waals surface area (Å²) in [6.45, 7) is -0.123. The largest absolute Gasteiger partial charge is 0.495 e. The van der Waals surface area contributed by atoms with Crippen LogP contribution in [0, 0.1) is 0 Å². The first-order valence-corrected chi connectivity index (χ1v) is 13.4. The number of carbonyl (C=O) groups is 1. The second-order valence-electron chi connectivity index (χ2n) is 8.58. The monoisotopic (exact) mass is 512 g/mol. The van der Waals surface area contributed by atoms with Gasteiger partial charge in [0.15, 0.2) is 0 Å². The van der Waals surface area contributed by atoms with Crippen molar-refractivity contribution < 1.29 is 17.9 Å². The standard InChI is InChI=1S/C27H29ClN2O4S/c1-34-26-15-14-22(18-24(26)28)35(32,33)30(17-16-20-8-3-2-4-9-20)19-27(31)29-25-13-7-11-21-10-5-6-12-23(21)25/h2-6,8-10,12,14-15,18,25H,7,11,13,16-17,19H2,1H3,(H,29,31)/t25-/m1/s1. The third-order valence-corrected chi connectivity index (χ3v) is 8.41. The first-order valence-electron chi connectivity index (χ1n) is 11.6. The zero-order valence-electron chi connectivity index (χ0n) is 19.6. The highest BCUT2D eigenvalue weighted by Crippen LogP contribution is 2.30. The van der Waals surface area contributed by atoms with E-state index in [1.54, 1.807) is 0 Å². The molecular formula is C27H29ClN2O4S. The molecule has 1 atom stereocenters. The van der Waals surface area contributed by atoms with Gasteiger partial charge in [0.25, 0.3) is 0 Å². The van der Waals surface area contributed by atoms with Crippen LogP contribution in [0.3, 0.4) is 0 Å². The van der Waals surface area contributed by atoms with Gasteiger partial charge in [-0.25, -0.2) is 8.42 Å². The summed E-state index contributed by atoms with van der Waals surface area (Å²) in [6.07, 6.45) is 3.26. The van der Waals surface area contributed by atoms with Crippen LogP contribution < -0.4 is 10.1 Å². The Morgan fingerprint density at radius 1 is 1.09 bits per heavy atom. The van der Waals surface area contributed by atoms with Gasteiger partial charge in [0, 0.05) is 6.54 Å². The minimum atomic E-state index is -3.98. The predicted molar refractivity (Wildman–Crippen MR) is 137 cm³/mol. The van der Waals surface area contributed by atoms with E-state index in [-0.39, 0.29) is 35.0 Å². The first-order chi connectivity index (χ1) is 16.9. The van der Waals surface area contributed by atoms with Gasteiger partial charge in [-0.1, -0.05) is 66.2 Å². The van der Waals surface area contributed by atoms with Crippen LogP contribution in [-0.4, -0.2) is 38.8 Å². The fourth-order valence-electron chi connectivity index (χ4n) is 4.44. The van der Waals surface area contributed by atoms with E-state index in [1.165, 1.54) is 35.2 Å². The number of hydrogen-bond donors (Lipinski definition) is 1. The number of ether oxygens (including phenoxy) is 1. The number of rotatable bonds is 9. The van der Waals surface area contributed by atoms with Crippen LogP contribution in [-0.2, 0) is 27.7 Å². The van der Waals surface area contributed by atoms with E-state index in [2.05, 4.69) is 11.4 Å². The fraction of sp³-hybridized carbons (Fsp3) is 0.296. The lowest BCUT2D eigenvalue weighted by atomic mass is 9.88. The summed E-state index contributed by atoms with van der Waals surface area (Å²) in [4.78, 5) is 13.1. The lowest BCUT2D eigenvalue weighted by Gasteiger charge is -2.28. The smallest absolute Gasteiger partial charge is 0.243 e. The SMILES string of the molecule is COc1ccc(S(=O)(=O)N(CCc2ccccc2)CC(=O)N[C@@H]2CCCc3ccccc32)cc1Cl. The van der Waals surface area contributed by atoms with Gasteiger partial charge in [0.1, 0.15) is 5.75 Å². The highest BCUT2D eigenvalue weighted by molar-refractivity contribution is 7.89. The number of aryl methyl sites for hydroxylation is 1. The number of nitrogens with one attached hydrogen (secondary N) is 1. The molecule has 1 N–H and O–H groups in total. The average molecular weight is 513 g/mol. The lowest BCUT2D eigenvalue weighted by Crippen LogP contribution is -2.43. The van der Waals surface area contributed by atoms with Crippen molar-refractivity contribution in [1.82, 2.24) is 9.62 Å². The van der Waals surface area contributed by atoms with Crippen LogP contribution in [0.2, 0.25) is 5.02 Å². The average Bonchev–Trinajstić information content (AvgIpc) is 2.87. The van der Waals surface area contributed by atoms with Crippen LogP contribution in [0.4, 0.5) is 0 Å². The normalized spacial score (nSPS) is 15.5. The maximum absolute atomic E-state index is 13.6. The Kier molecular flexibility index (Phi) is 8.11. The van der Waals surface area contributed by atoms with Gasteiger partial charge in [-0.05, 0) is 60.6 Å². The van der Waals surface area contributed by atoms with Crippen molar-refractivity contribution in [3.05, 3.63) is 94.5 Å². The number of amides is 1. The fourth-order valence-corrected chi connectivity index (χ4v) is 6.19. The molecule has 0 fully saturated rings. The van der Waals surface area contributed by atoms with E-state index >= 15 is 0 Å². The maximum Gasteiger partial charge on any atom is 0.243 e. The summed E-state index contributed by atoms with van der Waals surface area (Å²) >= 11 is 6.21. The van der Waals surface area contributed by atoms with Gasteiger partial charge >= 0.3 is 0 Å². The van der Waals surface area contributed by atoms with Crippen molar-refractivity contribution in [3.8, 4) is 5.75 Å². The van der Waals surface area contributed by atoms with Crippen LogP contribution in [0.25, 0.3) is 0 Å². The van der Waals surface area contributed by atoms with E-state index in [0.29, 0.717) is 12.2 Å². The van der Waals surface area contributed by atoms with Crippen LogP contribution >= 0.6 is 11.6 Å². The Balaban J connectivity index is 1.55. The molecule has 0 bridgehead atoms. The van der Waals surface area contributed by atoms with Gasteiger partial charge in [-0.15, -0.1) is 0 Å². The molecule has 6 nitrogen and oxygen atoms in total. The molecule has 4 rings (SSSR count). The molecule has 0 unspecified atom stereocenters. The molecule has 0 spiro atoms. The Hall–Kier alpha value is -2.87. The summed E-state index contributed by atoms with van der Waals surface area (Å²) < 4.78 is 33.5. The minimum absolute atomic E-state index is 0.0205. The van der Waals surface area contributed by atoms with Crippen molar-refractivity contribution in [2.45, 2.75) is 36.6 Å². The van der Waals surface area contributed by atoms with Crippen LogP contribution in [0.5, 0.6) is 5.75 Å². The molecule has 0 aromatic heterocycles. The zero-order chi connectivity index (χ0) is 24.8. The predicted octanol–water partition coefficient (Wildman–Crippen LogP) is 4.78. The molecule has 0 radical (unpaired) electrons. The Bertz CT molecular complexity index is 1280. The lowest BCUT2D eigenvalue weighted by molar-refractivity contribution is -0.122. The second kappa shape index (κ2) is 11.2. The highest BCUT2D eigenvalue weighted by atomic mass is 35.5. The summed E-state index contributed by atoms with van der Waals surface area (Å²) in [7, 11) is -2.52. The van der Waals surface area contributed by atoms with Gasteiger partial charge in [0.2, 0.25) is 15.9 Å². The zero-order valence-corrected chi connectivity index (χ0v) is 21.2. The molecule has 1 aliphatic rings. The molecule has 3 aromatic rings. The van der Waals surface area contributed by atoms with Gasteiger partial charge in [-0.2, -0.15) is 4.31 Å². The molecule has 1 aliphatic carbocycles. The molecule has 3 aromatic carbocycles. The third-order valence-electron chi connectivity index (χ3n) is 6.28. The molecule has 0 saturated heterocycles. The number of methoxy groups -OCH3 is 1. The van der Waals surface area contributed by atoms with Gasteiger partial charge in [-0.3, -0.25) is 4.79 Å². The molecule has 184 valence electrons. The number of sulfonamides is 1. The van der Waals surface area contributed by atoms with Crippen molar-refractivity contribution in [2.75, 3.05) is 20.2 Å². The molecule has 8 heteroatoms. The summed E-state index contributed by atoms with van der Waals surface area (Å²) in [5.41, 5.74) is 3.32. The van der Waals surface area contributed by atoms with Crippen molar-refractivity contribution >= 4 is 27.5 Å². The van der Waals surface area contributed by atoms with E-state index in [1.807, 2.05) is 48.5 Å². The Morgan fingerprint density at radius 2 is 1.83 bits per heavy atom. The van der Waals surface area contributed by atoms with E-state index < -0.39 is 10.0 Å². The first kappa shape index (κ1) is 25.2. The topological polar surface area (TPSA) is 75.7 Å². The number of halogens is 1. The molecule has 1 amide bonds. The maximum atomic E-state index is 13.6. The van der Waals surface area contributed by atoms with E-state index in [0.717, 1.165) is 30.4 Å². The Morgan fingerprint density at radius 3 is 2.57 bits per heavy atom. The van der Waals surface area contributed by atoms with Gasteiger partial charge < -0.3 is 10.1 Å². The van der Waals surface area contributed by atoms with Gasteiger partial charge in [0.05, 0.1) is 29.6 Å². The number of fused-ring (bicyclic) bond motifs is 1. The number of hydrogen-bond acceptors (Lipinski definition) is 4. The Labute approximate surface area is 211 Å². The summed E-state index contributed by atoms with van der Waals surface area (Å²) in [5, 5.41) is 3.26. The van der Waals surface area contributed by atoms with Crippen molar-refractivity contribution in [2.24, 2.45) is 0 Å². The molecule has 0 aliphatic heterocycles. The number of nitrogens with zero attached hydrogens (tertiary/aromatic N) is 1. The number of carbonyl (C=O) groups excluding carboxylic acids is 1. The van der Waals surface area contributed by atoms with E-state index in [4.69, 9.17) is 16.3 Å². The van der Waals surface area contributed by atoms with Crippen molar-refractivity contribution in [3.63, 3.8) is 0 Å². The summed E-state index contributed by atoms with van der Waals surface area (Å²) in [5.74, 6) is 0.0538. The molecule has 0 saturated carbocycles. The summed E-state index contributed by atoms with van der Waals surface area (Å²) in [6, 6.07) is 21.9. The minimum Gasteiger partial charge on any atom is -0.495 e. The second-order valence-corrected chi connectivity index (χ2v) is 10.9. The molecule has 0 heterocycles. The molecular weight excluding hydrogens is 484 g/mol. The van der Waals surface area contributed by atoms with E-state index in [9.17, 15) is 13.2 Å². The van der Waals surface area contributed by atoms with Crippen LogP contribution in [0.1, 0.15) is 35.6 Å². The third kappa shape index (κ3) is 6.04. The van der Waals surface area contributed by atoms with Crippen molar-refractivity contribution in [1.29, 1.82) is 0 Å². The molecule has 35 heavy (non-hydrogen) atoms. The quantitative estimate of drug-likeness (QED) is 0.448. The number of benzene rings is 3.